The van der Waals surface area contributed by atoms with E-state index in [1.165, 1.54) is 28.0 Å². The molecule has 0 radical (unpaired) electrons. The van der Waals surface area contributed by atoms with E-state index < -0.39 is 29.9 Å². The van der Waals surface area contributed by atoms with Crippen molar-refractivity contribution in [3.05, 3.63) is 71.7 Å². The number of hydrogen-bond acceptors (Lipinski definition) is 8. The maximum Gasteiger partial charge on any atom is 0.409 e. The Labute approximate surface area is 276 Å². The molecule has 3 heterocycles. The minimum absolute atomic E-state index is 0.0817. The number of likely N-dealkylation sites (tertiary alicyclic amines) is 1. The lowest BCUT2D eigenvalue weighted by atomic mass is 10.0. The summed E-state index contributed by atoms with van der Waals surface area (Å²) in [6.07, 6.45) is 0.530. The van der Waals surface area contributed by atoms with E-state index in [9.17, 15) is 33.5 Å². The van der Waals surface area contributed by atoms with E-state index in [-0.39, 0.29) is 81.4 Å². The number of carboxylic acids is 1. The second kappa shape index (κ2) is 15.5. The van der Waals surface area contributed by atoms with Crippen molar-refractivity contribution in [1.29, 1.82) is 0 Å². The minimum Gasteiger partial charge on any atom is -0.483 e. The van der Waals surface area contributed by atoms with Gasteiger partial charge in [-0.1, -0.05) is 24.3 Å². The van der Waals surface area contributed by atoms with Crippen LogP contribution in [-0.2, 0) is 19.1 Å². The summed E-state index contributed by atoms with van der Waals surface area (Å²) in [5.41, 5.74) is 1.17. The van der Waals surface area contributed by atoms with Crippen LogP contribution in [0.25, 0.3) is 10.9 Å². The summed E-state index contributed by atoms with van der Waals surface area (Å²) >= 11 is 0. The first-order chi connectivity index (χ1) is 23.1. The number of fused-ring (bicyclic) bond motifs is 1. The Bertz CT molecular complexity index is 1660. The third kappa shape index (κ3) is 8.17. The molecule has 2 aliphatic rings. The number of halogens is 1. The van der Waals surface area contributed by atoms with Gasteiger partial charge in [0.05, 0.1) is 18.2 Å². The normalized spacial score (nSPS) is 16.8. The molecule has 5 rings (SSSR count). The molecule has 254 valence electrons. The molecule has 14 heteroatoms. The third-order valence-corrected chi connectivity index (χ3v) is 8.46. The lowest BCUT2D eigenvalue weighted by molar-refractivity contribution is -0.138. The van der Waals surface area contributed by atoms with E-state index >= 15 is 0 Å². The number of piperazine rings is 1. The van der Waals surface area contributed by atoms with E-state index in [4.69, 9.17) is 9.47 Å². The van der Waals surface area contributed by atoms with Crippen molar-refractivity contribution in [3.63, 3.8) is 0 Å². The first-order valence-corrected chi connectivity index (χ1v) is 15.9. The van der Waals surface area contributed by atoms with Gasteiger partial charge in [-0.25, -0.2) is 14.2 Å². The average molecular weight is 664 g/mol. The van der Waals surface area contributed by atoms with Gasteiger partial charge in [-0.2, -0.15) is 0 Å². The Balaban J connectivity index is 1.30. The molecule has 48 heavy (non-hydrogen) atoms. The van der Waals surface area contributed by atoms with Gasteiger partial charge in [0.25, 0.3) is 11.8 Å². The molecule has 4 amide bonds. The van der Waals surface area contributed by atoms with Gasteiger partial charge in [-0.3, -0.25) is 19.2 Å². The number of hydrogen-bond donors (Lipinski definition) is 2. The van der Waals surface area contributed by atoms with Crippen molar-refractivity contribution in [3.8, 4) is 5.75 Å². The van der Waals surface area contributed by atoms with Gasteiger partial charge < -0.3 is 34.6 Å². The van der Waals surface area contributed by atoms with Crippen LogP contribution >= 0.6 is 0 Å². The van der Waals surface area contributed by atoms with E-state index in [2.05, 4.69) is 10.3 Å². The minimum atomic E-state index is -1.17. The van der Waals surface area contributed by atoms with Crippen LogP contribution < -0.4 is 10.1 Å². The quantitative estimate of drug-likeness (QED) is 0.314. The van der Waals surface area contributed by atoms with E-state index in [0.29, 0.717) is 17.4 Å². The highest BCUT2D eigenvalue weighted by atomic mass is 19.1. The molecule has 2 aromatic carbocycles. The number of nitrogens with zero attached hydrogens (tertiary/aromatic N) is 4. The maximum absolute atomic E-state index is 13.5. The summed E-state index contributed by atoms with van der Waals surface area (Å²) in [5, 5.41) is 12.5. The molecule has 2 saturated heterocycles. The van der Waals surface area contributed by atoms with Gasteiger partial charge in [-0.05, 0) is 56.0 Å². The first-order valence-electron chi connectivity index (χ1n) is 15.9. The van der Waals surface area contributed by atoms with Crippen LogP contribution in [0.2, 0.25) is 0 Å². The Kier molecular flexibility index (Phi) is 11.0. The molecular formula is C34H38FN5O8. The number of aliphatic carboxylic acids is 1. The third-order valence-electron chi connectivity index (χ3n) is 8.46. The number of benzene rings is 2. The fraction of sp³-hybridized carbons (Fsp3) is 0.412. The zero-order valence-electron chi connectivity index (χ0n) is 26.6. The van der Waals surface area contributed by atoms with E-state index in [1.54, 1.807) is 48.2 Å². The number of amides is 4. The molecule has 13 nitrogen and oxygen atoms in total. The number of carboxylic acid groups (broad SMARTS) is 1. The molecule has 0 bridgehead atoms. The largest absolute Gasteiger partial charge is 0.483 e. The van der Waals surface area contributed by atoms with Crippen LogP contribution in [0, 0.1) is 5.82 Å². The highest BCUT2D eigenvalue weighted by molar-refractivity contribution is 5.99. The molecule has 2 fully saturated rings. The fourth-order valence-corrected chi connectivity index (χ4v) is 6.00. The Morgan fingerprint density at radius 2 is 1.71 bits per heavy atom. The number of rotatable bonds is 11. The lowest BCUT2D eigenvalue weighted by Crippen LogP contribution is -2.56. The number of aromatic nitrogens is 1. The standard InChI is InChI=1S/C34H38FN5O8/c1-2-47-34(46)39-18-16-38(17-19-39)33(45)26(13-14-31(42)43)37-32(44)27-20-29(24-6-3-4-7-25(24)36-27)48-21-30(41)40-15-5-8-28(40)22-9-11-23(35)12-10-22/h3-4,6-7,9-12,20,26,28H,2,5,8,13-19,21H2,1H3,(H,37,44)(H,42,43)/t26-,28?/m0/s1. The Morgan fingerprint density at radius 1 is 1.00 bits per heavy atom. The number of ether oxygens (including phenoxy) is 2. The highest BCUT2D eigenvalue weighted by Crippen LogP contribution is 2.32. The van der Waals surface area contributed by atoms with Crippen LogP contribution in [0.1, 0.15) is 54.7 Å². The van der Waals surface area contributed by atoms with Gasteiger partial charge in [-0.15, -0.1) is 0 Å². The number of pyridine rings is 1. The van der Waals surface area contributed by atoms with Crippen LogP contribution in [-0.4, -0.2) is 107 Å². The predicted molar refractivity (Wildman–Crippen MR) is 171 cm³/mol. The van der Waals surface area contributed by atoms with Crippen LogP contribution in [0.4, 0.5) is 9.18 Å². The van der Waals surface area contributed by atoms with Crippen LogP contribution in [0.5, 0.6) is 5.75 Å². The molecule has 2 aliphatic heterocycles. The number of carbonyl (C=O) groups excluding carboxylic acids is 4. The summed E-state index contributed by atoms with van der Waals surface area (Å²) in [4.78, 5) is 72.9. The predicted octanol–water partition coefficient (Wildman–Crippen LogP) is 3.38. The number of para-hydroxylation sites is 1. The summed E-state index contributed by atoms with van der Waals surface area (Å²) in [5.74, 6) is -2.71. The summed E-state index contributed by atoms with van der Waals surface area (Å²) in [6, 6.07) is 13.0. The molecule has 0 spiro atoms. The van der Waals surface area contributed by atoms with Gasteiger partial charge in [0.1, 0.15) is 23.3 Å². The fourth-order valence-electron chi connectivity index (χ4n) is 6.00. The van der Waals surface area contributed by atoms with Gasteiger partial charge in [0.2, 0.25) is 5.91 Å². The molecule has 0 aliphatic carbocycles. The van der Waals surface area contributed by atoms with Gasteiger partial charge >= 0.3 is 12.1 Å². The second-order valence-electron chi connectivity index (χ2n) is 11.6. The monoisotopic (exact) mass is 663 g/mol. The van der Waals surface area contributed by atoms with Gasteiger partial charge in [0, 0.05) is 50.6 Å². The second-order valence-corrected chi connectivity index (χ2v) is 11.6. The van der Waals surface area contributed by atoms with E-state index in [0.717, 1.165) is 18.4 Å². The molecule has 3 aromatic rings. The topological polar surface area (TPSA) is 159 Å². The lowest BCUT2D eigenvalue weighted by Gasteiger charge is -2.35. The first kappa shape index (κ1) is 34.1. The molecule has 2 N–H and O–H groups in total. The summed E-state index contributed by atoms with van der Waals surface area (Å²) in [6.45, 7) is 2.99. The molecule has 2 atom stereocenters. The van der Waals surface area contributed by atoms with E-state index in [1.807, 2.05) is 0 Å². The maximum atomic E-state index is 13.5. The summed E-state index contributed by atoms with van der Waals surface area (Å²) in [7, 11) is 0. The zero-order valence-corrected chi connectivity index (χ0v) is 26.6. The molecule has 0 saturated carbocycles. The number of nitrogens with one attached hydrogen (secondary N) is 1. The van der Waals surface area contributed by atoms with Crippen molar-refractivity contribution in [2.24, 2.45) is 0 Å². The SMILES string of the molecule is CCOC(=O)N1CCN(C(=O)[C@H](CCC(=O)O)NC(=O)c2cc(OCC(=O)N3CCCC3c3ccc(F)cc3)c3ccccc3n2)CC1. The van der Waals surface area contributed by atoms with Crippen molar-refractivity contribution in [1.82, 2.24) is 25.0 Å². The number of carbonyl (C=O) groups is 5. The van der Waals surface area contributed by atoms with Gasteiger partial charge in [0.15, 0.2) is 6.61 Å². The molecule has 1 aromatic heterocycles. The summed E-state index contributed by atoms with van der Waals surface area (Å²) < 4.78 is 24.5. The van der Waals surface area contributed by atoms with Crippen molar-refractivity contribution in [2.45, 2.75) is 44.7 Å². The van der Waals surface area contributed by atoms with Crippen LogP contribution in [0.15, 0.2) is 54.6 Å². The molecular weight excluding hydrogens is 625 g/mol. The van der Waals surface area contributed by atoms with Crippen molar-refractivity contribution < 1.29 is 42.9 Å². The van der Waals surface area contributed by atoms with Crippen molar-refractivity contribution in [2.75, 3.05) is 45.9 Å². The average Bonchev–Trinajstić information content (AvgIpc) is 3.59. The Morgan fingerprint density at radius 3 is 2.42 bits per heavy atom. The highest BCUT2D eigenvalue weighted by Gasteiger charge is 2.32. The van der Waals surface area contributed by atoms with Crippen molar-refractivity contribution >= 4 is 40.7 Å². The smallest absolute Gasteiger partial charge is 0.409 e. The Hall–Kier alpha value is -5.27. The zero-order chi connectivity index (χ0) is 34.2. The molecule has 1 unspecified atom stereocenters. The van der Waals surface area contributed by atoms with Crippen LogP contribution in [0.3, 0.4) is 0 Å².